The molecule has 0 spiro atoms. The van der Waals surface area contributed by atoms with Gasteiger partial charge in [0.05, 0.1) is 0 Å². The van der Waals surface area contributed by atoms with E-state index in [1.54, 1.807) is 0 Å². The number of nitrogens with zero attached hydrogens (tertiary/aromatic N) is 2. The third kappa shape index (κ3) is 5.76. The quantitative estimate of drug-likeness (QED) is 0.427. The van der Waals surface area contributed by atoms with Gasteiger partial charge in [-0.2, -0.15) is 0 Å². The molecule has 2 rings (SSSR count). The van der Waals surface area contributed by atoms with E-state index in [4.69, 9.17) is 0 Å². The SMILES string of the molecule is CCN1CCC(CCNC(=NC)NC2CC2C)CC1.I. The summed E-state index contributed by atoms with van der Waals surface area (Å²) in [5.41, 5.74) is 0. The summed E-state index contributed by atoms with van der Waals surface area (Å²) in [6, 6.07) is 0.652. The summed E-state index contributed by atoms with van der Waals surface area (Å²) in [4.78, 5) is 6.85. The lowest BCUT2D eigenvalue weighted by molar-refractivity contribution is 0.187. The number of guanidine groups is 1. The zero-order valence-electron chi connectivity index (χ0n) is 13.2. The van der Waals surface area contributed by atoms with Crippen LogP contribution in [0.5, 0.6) is 0 Å². The molecule has 1 aliphatic carbocycles. The molecule has 0 bridgehead atoms. The molecule has 1 aliphatic heterocycles. The highest BCUT2D eigenvalue weighted by molar-refractivity contribution is 14.0. The predicted octanol–water partition coefficient (Wildman–Crippen LogP) is 2.30. The summed E-state index contributed by atoms with van der Waals surface area (Å²) >= 11 is 0. The Labute approximate surface area is 141 Å². The average Bonchev–Trinajstić information content (AvgIpc) is 3.13. The number of nitrogens with one attached hydrogen (secondary N) is 2. The number of hydrogen-bond acceptors (Lipinski definition) is 2. The standard InChI is InChI=1S/C15H30N4.HI/c1-4-19-9-6-13(7-10-19)5-8-17-15(16-3)18-14-11-12(14)2;/h12-14H,4-11H2,1-3H3,(H2,16,17,18);1H. The minimum Gasteiger partial charge on any atom is -0.356 e. The molecule has 1 saturated heterocycles. The van der Waals surface area contributed by atoms with Gasteiger partial charge < -0.3 is 15.5 Å². The zero-order valence-corrected chi connectivity index (χ0v) is 15.5. The molecular formula is C15H31IN4. The molecule has 0 aromatic rings. The summed E-state index contributed by atoms with van der Waals surface area (Å²) in [6.07, 6.45) is 5.29. The second-order valence-electron chi connectivity index (χ2n) is 6.13. The summed E-state index contributed by atoms with van der Waals surface area (Å²) in [6.45, 7) is 9.38. The largest absolute Gasteiger partial charge is 0.356 e. The Kier molecular flexibility index (Phi) is 8.17. The maximum atomic E-state index is 4.30. The fourth-order valence-corrected chi connectivity index (χ4v) is 2.88. The maximum Gasteiger partial charge on any atom is 0.191 e. The van der Waals surface area contributed by atoms with Crippen molar-refractivity contribution in [2.75, 3.05) is 33.2 Å². The van der Waals surface area contributed by atoms with Crippen molar-refractivity contribution in [1.29, 1.82) is 0 Å². The Bertz CT molecular complexity index is 300. The third-order valence-electron chi connectivity index (χ3n) is 4.65. The molecule has 2 aliphatic rings. The smallest absolute Gasteiger partial charge is 0.191 e. The highest BCUT2D eigenvalue weighted by Crippen LogP contribution is 2.28. The first-order valence-electron chi connectivity index (χ1n) is 7.92. The second-order valence-corrected chi connectivity index (χ2v) is 6.13. The monoisotopic (exact) mass is 394 g/mol. The lowest BCUT2D eigenvalue weighted by Crippen LogP contribution is -2.40. The number of piperidine rings is 1. The van der Waals surface area contributed by atoms with Crippen LogP contribution in [0.4, 0.5) is 0 Å². The van der Waals surface area contributed by atoms with Crippen LogP contribution in [-0.4, -0.2) is 50.1 Å². The number of aliphatic imine (C=N–C) groups is 1. The van der Waals surface area contributed by atoms with E-state index in [0.717, 1.165) is 24.3 Å². The Balaban J connectivity index is 0.00000200. The fourth-order valence-electron chi connectivity index (χ4n) is 2.88. The van der Waals surface area contributed by atoms with E-state index >= 15 is 0 Å². The van der Waals surface area contributed by atoms with E-state index in [1.807, 2.05) is 7.05 Å². The molecule has 118 valence electrons. The van der Waals surface area contributed by atoms with Crippen LogP contribution in [0.15, 0.2) is 4.99 Å². The summed E-state index contributed by atoms with van der Waals surface area (Å²) in [5.74, 6) is 2.70. The van der Waals surface area contributed by atoms with Gasteiger partial charge in [-0.25, -0.2) is 0 Å². The van der Waals surface area contributed by atoms with Gasteiger partial charge in [-0.1, -0.05) is 13.8 Å². The van der Waals surface area contributed by atoms with E-state index < -0.39 is 0 Å². The van der Waals surface area contributed by atoms with Crippen molar-refractivity contribution in [3.05, 3.63) is 0 Å². The van der Waals surface area contributed by atoms with Crippen molar-refractivity contribution in [1.82, 2.24) is 15.5 Å². The van der Waals surface area contributed by atoms with Crippen LogP contribution < -0.4 is 10.6 Å². The molecule has 20 heavy (non-hydrogen) atoms. The highest BCUT2D eigenvalue weighted by Gasteiger charge is 2.33. The van der Waals surface area contributed by atoms with E-state index in [0.29, 0.717) is 6.04 Å². The fraction of sp³-hybridized carbons (Fsp3) is 0.933. The zero-order chi connectivity index (χ0) is 13.7. The lowest BCUT2D eigenvalue weighted by Gasteiger charge is -2.31. The van der Waals surface area contributed by atoms with Gasteiger partial charge in [0.2, 0.25) is 0 Å². The van der Waals surface area contributed by atoms with E-state index in [1.165, 1.54) is 45.3 Å². The van der Waals surface area contributed by atoms with Gasteiger partial charge in [0.25, 0.3) is 0 Å². The van der Waals surface area contributed by atoms with E-state index in [9.17, 15) is 0 Å². The van der Waals surface area contributed by atoms with Crippen LogP contribution >= 0.6 is 24.0 Å². The number of halogens is 1. The highest BCUT2D eigenvalue weighted by atomic mass is 127. The minimum absolute atomic E-state index is 0. The first kappa shape index (κ1) is 18.0. The Morgan fingerprint density at radius 1 is 1.30 bits per heavy atom. The number of likely N-dealkylation sites (tertiary alicyclic amines) is 1. The number of rotatable bonds is 5. The van der Waals surface area contributed by atoms with Crippen LogP contribution in [0.2, 0.25) is 0 Å². The lowest BCUT2D eigenvalue weighted by atomic mass is 9.93. The van der Waals surface area contributed by atoms with Crippen molar-refractivity contribution in [2.24, 2.45) is 16.8 Å². The molecule has 2 atom stereocenters. The van der Waals surface area contributed by atoms with Gasteiger partial charge >= 0.3 is 0 Å². The summed E-state index contributed by atoms with van der Waals surface area (Å²) in [7, 11) is 1.86. The van der Waals surface area contributed by atoms with E-state index in [2.05, 4.69) is 34.4 Å². The Morgan fingerprint density at radius 2 is 1.95 bits per heavy atom. The molecule has 2 fully saturated rings. The van der Waals surface area contributed by atoms with Crippen molar-refractivity contribution in [3.63, 3.8) is 0 Å². The predicted molar refractivity (Wildman–Crippen MR) is 96.9 cm³/mol. The summed E-state index contributed by atoms with van der Waals surface area (Å²) in [5, 5.41) is 6.93. The Morgan fingerprint density at radius 3 is 2.45 bits per heavy atom. The topological polar surface area (TPSA) is 39.7 Å². The molecule has 0 aromatic carbocycles. The Hall–Kier alpha value is -0.0400. The van der Waals surface area contributed by atoms with Crippen LogP contribution in [0, 0.1) is 11.8 Å². The van der Waals surface area contributed by atoms with Gasteiger partial charge in [0.15, 0.2) is 5.96 Å². The molecule has 0 radical (unpaired) electrons. The van der Waals surface area contributed by atoms with Crippen molar-refractivity contribution in [2.45, 2.75) is 45.6 Å². The molecule has 2 N–H and O–H groups in total. The maximum absolute atomic E-state index is 4.30. The second kappa shape index (κ2) is 9.07. The van der Waals surface area contributed by atoms with Gasteiger partial charge in [0, 0.05) is 19.6 Å². The van der Waals surface area contributed by atoms with Crippen LogP contribution in [0.25, 0.3) is 0 Å². The molecule has 1 saturated carbocycles. The molecule has 0 aromatic heterocycles. The summed E-state index contributed by atoms with van der Waals surface area (Å²) < 4.78 is 0. The van der Waals surface area contributed by atoms with Gasteiger partial charge in [-0.15, -0.1) is 24.0 Å². The first-order chi connectivity index (χ1) is 9.22. The van der Waals surface area contributed by atoms with Gasteiger partial charge in [-0.3, -0.25) is 4.99 Å². The third-order valence-corrected chi connectivity index (χ3v) is 4.65. The van der Waals surface area contributed by atoms with Crippen molar-refractivity contribution >= 4 is 29.9 Å². The van der Waals surface area contributed by atoms with Crippen LogP contribution in [-0.2, 0) is 0 Å². The molecule has 2 unspecified atom stereocenters. The molecule has 0 amide bonds. The van der Waals surface area contributed by atoms with Gasteiger partial charge in [-0.05, 0) is 57.2 Å². The molecule has 5 heteroatoms. The minimum atomic E-state index is 0. The van der Waals surface area contributed by atoms with Crippen LogP contribution in [0.3, 0.4) is 0 Å². The van der Waals surface area contributed by atoms with Crippen molar-refractivity contribution < 1.29 is 0 Å². The van der Waals surface area contributed by atoms with Crippen molar-refractivity contribution in [3.8, 4) is 0 Å². The first-order valence-corrected chi connectivity index (χ1v) is 7.92. The van der Waals surface area contributed by atoms with Gasteiger partial charge in [0.1, 0.15) is 0 Å². The average molecular weight is 394 g/mol. The normalized spacial score (nSPS) is 27.9. The van der Waals surface area contributed by atoms with Crippen LogP contribution in [0.1, 0.15) is 39.5 Å². The van der Waals surface area contributed by atoms with E-state index in [-0.39, 0.29) is 24.0 Å². The number of hydrogen-bond donors (Lipinski definition) is 2. The molecule has 4 nitrogen and oxygen atoms in total. The molecule has 1 heterocycles. The molecular weight excluding hydrogens is 363 g/mol.